The van der Waals surface area contributed by atoms with Gasteiger partial charge >= 0.3 is 0 Å². The molecule has 1 N–H and O–H groups in total. The topological polar surface area (TPSA) is 15.3 Å². The van der Waals surface area contributed by atoms with E-state index in [0.717, 1.165) is 11.0 Å². The third-order valence-electron chi connectivity index (χ3n) is 3.54. The molecule has 2 nitrogen and oxygen atoms in total. The van der Waals surface area contributed by atoms with Gasteiger partial charge in [-0.25, -0.2) is 0 Å². The summed E-state index contributed by atoms with van der Waals surface area (Å²) in [4.78, 5) is 2.41. The average molecular weight is 376 g/mol. The molecule has 0 amide bonds. The minimum absolute atomic E-state index is 0.379. The Bertz CT molecular complexity index is 409. The molecule has 2 rings (SSSR count). The van der Waals surface area contributed by atoms with Crippen LogP contribution in [-0.4, -0.2) is 31.1 Å². The molecule has 1 aliphatic heterocycles. The summed E-state index contributed by atoms with van der Waals surface area (Å²) < 4.78 is 2.28. The van der Waals surface area contributed by atoms with Crippen LogP contribution in [0.5, 0.6) is 0 Å². The van der Waals surface area contributed by atoms with E-state index in [1.54, 1.807) is 0 Å². The lowest BCUT2D eigenvalue weighted by Gasteiger charge is -2.32. The number of hydrogen-bond donors (Lipinski definition) is 1. The van der Waals surface area contributed by atoms with Gasteiger partial charge < -0.3 is 10.2 Å². The molecule has 1 saturated heterocycles. The molecule has 0 saturated carbocycles. The summed E-state index contributed by atoms with van der Waals surface area (Å²) in [7, 11) is 2.20. The zero-order chi connectivity index (χ0) is 13.1. The molecule has 1 aliphatic rings. The zero-order valence-corrected chi connectivity index (χ0v) is 14.1. The summed E-state index contributed by atoms with van der Waals surface area (Å²) >= 11 is 7.14. The van der Waals surface area contributed by atoms with Gasteiger partial charge in [0.05, 0.1) is 0 Å². The Morgan fingerprint density at radius 1 is 1.39 bits per heavy atom. The first kappa shape index (κ1) is 14.5. The first-order valence-electron chi connectivity index (χ1n) is 6.46. The highest BCUT2D eigenvalue weighted by Gasteiger charge is 2.20. The van der Waals surface area contributed by atoms with Gasteiger partial charge in [0.2, 0.25) is 0 Å². The van der Waals surface area contributed by atoms with Crippen molar-refractivity contribution in [3.05, 3.63) is 32.7 Å². The molecule has 0 bridgehead atoms. The molecule has 1 aromatic rings. The van der Waals surface area contributed by atoms with Crippen LogP contribution >= 0.6 is 31.9 Å². The average Bonchev–Trinajstić information content (AvgIpc) is 2.28. The number of likely N-dealkylation sites (tertiary alicyclic amines) is 1. The van der Waals surface area contributed by atoms with Crippen molar-refractivity contribution in [3.8, 4) is 0 Å². The Kier molecular flexibility index (Phi) is 5.24. The third kappa shape index (κ3) is 3.80. The van der Waals surface area contributed by atoms with E-state index in [0.29, 0.717) is 12.1 Å². The van der Waals surface area contributed by atoms with Crippen LogP contribution in [-0.2, 0) is 0 Å². The molecule has 1 aromatic carbocycles. The highest BCUT2D eigenvalue weighted by molar-refractivity contribution is 9.11. The van der Waals surface area contributed by atoms with E-state index >= 15 is 0 Å². The van der Waals surface area contributed by atoms with Crippen molar-refractivity contribution in [2.45, 2.75) is 31.8 Å². The smallest absolute Gasteiger partial charge is 0.0306 e. The summed E-state index contributed by atoms with van der Waals surface area (Å²) in [5.74, 6) is 0. The highest BCUT2D eigenvalue weighted by Crippen LogP contribution is 2.27. The molecule has 0 spiro atoms. The van der Waals surface area contributed by atoms with Gasteiger partial charge in [-0.15, -0.1) is 0 Å². The number of piperidine rings is 1. The van der Waals surface area contributed by atoms with Crippen molar-refractivity contribution in [1.82, 2.24) is 10.2 Å². The second kappa shape index (κ2) is 6.51. The van der Waals surface area contributed by atoms with E-state index < -0.39 is 0 Å². The van der Waals surface area contributed by atoms with Crippen LogP contribution < -0.4 is 5.32 Å². The van der Waals surface area contributed by atoms with Crippen LogP contribution in [0.3, 0.4) is 0 Å². The van der Waals surface area contributed by atoms with Crippen molar-refractivity contribution in [2.75, 3.05) is 20.1 Å². The summed E-state index contributed by atoms with van der Waals surface area (Å²) in [5, 5.41) is 3.74. The lowest BCUT2D eigenvalue weighted by molar-refractivity contribution is 0.218. The van der Waals surface area contributed by atoms with E-state index in [1.165, 1.54) is 29.4 Å². The van der Waals surface area contributed by atoms with Crippen molar-refractivity contribution >= 4 is 31.9 Å². The van der Waals surface area contributed by atoms with Gasteiger partial charge in [-0.3, -0.25) is 0 Å². The van der Waals surface area contributed by atoms with Crippen LogP contribution in [0.15, 0.2) is 27.1 Å². The summed E-state index contributed by atoms with van der Waals surface area (Å²) in [6, 6.07) is 7.38. The van der Waals surface area contributed by atoms with Gasteiger partial charge in [0.15, 0.2) is 0 Å². The molecule has 1 fully saturated rings. The lowest BCUT2D eigenvalue weighted by atomic mass is 10.0. The molecule has 0 aliphatic carbocycles. The van der Waals surface area contributed by atoms with E-state index in [1.807, 2.05) is 0 Å². The Morgan fingerprint density at radius 2 is 2.17 bits per heavy atom. The number of hydrogen-bond acceptors (Lipinski definition) is 2. The monoisotopic (exact) mass is 374 g/mol. The van der Waals surface area contributed by atoms with Gasteiger partial charge in [0.1, 0.15) is 0 Å². The molecule has 2 atom stereocenters. The molecule has 2 unspecified atom stereocenters. The van der Waals surface area contributed by atoms with Crippen LogP contribution in [0.2, 0.25) is 0 Å². The quantitative estimate of drug-likeness (QED) is 0.860. The van der Waals surface area contributed by atoms with Crippen LogP contribution in [0.25, 0.3) is 0 Å². The van der Waals surface area contributed by atoms with E-state index in [4.69, 9.17) is 0 Å². The van der Waals surface area contributed by atoms with Gasteiger partial charge in [-0.05, 0) is 51.1 Å². The Hall–Kier alpha value is 0.1000. The summed E-state index contributed by atoms with van der Waals surface area (Å²) in [6.07, 6.45) is 2.57. The zero-order valence-electron chi connectivity index (χ0n) is 10.9. The molecule has 0 aromatic heterocycles. The largest absolute Gasteiger partial charge is 0.306 e. The van der Waals surface area contributed by atoms with Gasteiger partial charge in [-0.1, -0.05) is 37.9 Å². The van der Waals surface area contributed by atoms with Crippen molar-refractivity contribution in [3.63, 3.8) is 0 Å². The van der Waals surface area contributed by atoms with E-state index in [9.17, 15) is 0 Å². The number of likely N-dealkylation sites (N-methyl/N-ethyl adjacent to an activating group) is 1. The summed E-state index contributed by atoms with van der Waals surface area (Å²) in [6.45, 7) is 4.62. The molecule has 4 heteroatoms. The minimum Gasteiger partial charge on any atom is -0.306 e. The van der Waals surface area contributed by atoms with Crippen LogP contribution in [0.4, 0.5) is 0 Å². The number of halogens is 2. The van der Waals surface area contributed by atoms with Crippen molar-refractivity contribution in [1.29, 1.82) is 0 Å². The van der Waals surface area contributed by atoms with Crippen LogP contribution in [0, 0.1) is 0 Å². The first-order chi connectivity index (χ1) is 8.56. The molecular formula is C14H20Br2N2. The lowest BCUT2D eigenvalue weighted by Crippen LogP contribution is -2.44. The predicted octanol–water partition coefficient (Wildman–Crippen LogP) is 3.96. The highest BCUT2D eigenvalue weighted by atomic mass is 79.9. The molecular weight excluding hydrogens is 356 g/mol. The Balaban J connectivity index is 2.00. The van der Waals surface area contributed by atoms with Crippen molar-refractivity contribution < 1.29 is 0 Å². The fourth-order valence-corrected chi connectivity index (χ4v) is 3.99. The number of nitrogens with one attached hydrogen (secondary N) is 1. The minimum atomic E-state index is 0.379. The maximum Gasteiger partial charge on any atom is 0.0306 e. The van der Waals surface area contributed by atoms with E-state index in [-0.39, 0.29) is 0 Å². The molecule has 18 heavy (non-hydrogen) atoms. The SMILES string of the molecule is CC(NC1CCCN(C)C1)c1ccc(Br)cc1Br. The fourth-order valence-electron chi connectivity index (χ4n) is 2.60. The van der Waals surface area contributed by atoms with Gasteiger partial charge in [0.25, 0.3) is 0 Å². The van der Waals surface area contributed by atoms with E-state index in [2.05, 4.69) is 74.2 Å². The van der Waals surface area contributed by atoms with Gasteiger partial charge in [0, 0.05) is 27.6 Å². The summed E-state index contributed by atoms with van der Waals surface area (Å²) in [5.41, 5.74) is 1.33. The maximum atomic E-state index is 3.74. The normalized spacial score (nSPS) is 23.0. The number of benzene rings is 1. The maximum absolute atomic E-state index is 3.74. The standard InChI is InChI=1S/C14H20Br2N2/c1-10(13-6-5-11(15)8-14(13)16)17-12-4-3-7-18(2)9-12/h5-6,8,10,12,17H,3-4,7,9H2,1-2H3. The number of rotatable bonds is 3. The van der Waals surface area contributed by atoms with Crippen LogP contribution in [0.1, 0.15) is 31.4 Å². The first-order valence-corrected chi connectivity index (χ1v) is 8.04. The van der Waals surface area contributed by atoms with Gasteiger partial charge in [-0.2, -0.15) is 0 Å². The third-order valence-corrected chi connectivity index (χ3v) is 4.72. The Morgan fingerprint density at radius 3 is 2.83 bits per heavy atom. The molecule has 0 radical (unpaired) electrons. The molecule has 1 heterocycles. The number of nitrogens with zero attached hydrogens (tertiary/aromatic N) is 1. The predicted molar refractivity (Wildman–Crippen MR) is 83.9 cm³/mol. The van der Waals surface area contributed by atoms with Crippen molar-refractivity contribution in [2.24, 2.45) is 0 Å². The fraction of sp³-hybridized carbons (Fsp3) is 0.571. The Labute approximate surface area is 126 Å². The second-order valence-corrected chi connectivity index (χ2v) is 6.93. The molecule has 100 valence electrons. The second-order valence-electron chi connectivity index (χ2n) is 5.16.